The van der Waals surface area contributed by atoms with Crippen LogP contribution in [0.4, 0.5) is 0 Å². The smallest absolute Gasteiger partial charge is 0.228 e. The number of H-pyrrole nitrogens is 1. The second kappa shape index (κ2) is 3.18. The van der Waals surface area contributed by atoms with Crippen molar-refractivity contribution in [3.05, 3.63) is 18.2 Å². The van der Waals surface area contributed by atoms with Crippen LogP contribution in [0, 0.1) is 0 Å². The van der Waals surface area contributed by atoms with Gasteiger partial charge in [0.25, 0.3) is 0 Å². The number of aromatic nitrogens is 2. The highest BCUT2D eigenvalue weighted by Crippen LogP contribution is 1.94. The Morgan fingerprint density at radius 1 is 1.73 bits per heavy atom. The van der Waals surface area contributed by atoms with Crippen LogP contribution in [0.15, 0.2) is 12.5 Å². The highest BCUT2D eigenvalue weighted by atomic mass is 16.2. The number of likely N-dealkylation sites (N-methyl/N-ethyl adjacent to an activating group) is 1. The second-order valence-electron chi connectivity index (χ2n) is 2.54. The molecule has 0 spiro atoms. The largest absolute Gasteiger partial charge is 0.348 e. The fourth-order valence-electron chi connectivity index (χ4n) is 0.702. The van der Waals surface area contributed by atoms with Gasteiger partial charge in [0.1, 0.15) is 0 Å². The third-order valence-electron chi connectivity index (χ3n) is 1.40. The number of aromatic amines is 1. The van der Waals surface area contributed by atoms with Gasteiger partial charge in [0.15, 0.2) is 0 Å². The van der Waals surface area contributed by atoms with E-state index in [1.807, 2.05) is 0 Å². The summed E-state index contributed by atoms with van der Waals surface area (Å²) in [5.41, 5.74) is 0.851. The zero-order valence-corrected chi connectivity index (χ0v) is 6.66. The fourth-order valence-corrected chi connectivity index (χ4v) is 0.702. The maximum atomic E-state index is 11.1. The molecule has 0 atom stereocenters. The van der Waals surface area contributed by atoms with E-state index in [1.54, 1.807) is 31.5 Å². The summed E-state index contributed by atoms with van der Waals surface area (Å²) in [6.45, 7) is 0. The number of carbonyl (C=O) groups excluding carboxylic acids is 1. The Kier molecular flexibility index (Phi) is 2.25. The first-order valence-corrected chi connectivity index (χ1v) is 3.37. The van der Waals surface area contributed by atoms with Crippen LogP contribution < -0.4 is 0 Å². The molecule has 0 unspecified atom stereocenters. The molecule has 11 heavy (non-hydrogen) atoms. The van der Waals surface area contributed by atoms with Gasteiger partial charge in [-0.15, -0.1) is 0 Å². The minimum Gasteiger partial charge on any atom is -0.348 e. The van der Waals surface area contributed by atoms with Crippen molar-refractivity contribution in [2.24, 2.45) is 0 Å². The molecule has 1 aromatic rings. The first-order valence-electron chi connectivity index (χ1n) is 3.37. The Morgan fingerprint density at radius 3 is 2.91 bits per heavy atom. The number of carbonyl (C=O) groups is 1. The third kappa shape index (κ3) is 2.07. The van der Waals surface area contributed by atoms with Gasteiger partial charge < -0.3 is 9.88 Å². The van der Waals surface area contributed by atoms with Gasteiger partial charge >= 0.3 is 0 Å². The van der Waals surface area contributed by atoms with Gasteiger partial charge in [-0.3, -0.25) is 4.79 Å². The monoisotopic (exact) mass is 153 g/mol. The molecule has 0 saturated heterocycles. The molecule has 1 aromatic heterocycles. The topological polar surface area (TPSA) is 49.0 Å². The maximum Gasteiger partial charge on any atom is 0.228 e. The number of amides is 1. The fraction of sp³-hybridized carbons (Fsp3) is 0.429. The summed E-state index contributed by atoms with van der Waals surface area (Å²) >= 11 is 0. The standard InChI is InChI=1S/C7H11N3O/c1-10(2)7(11)3-6-4-8-5-9-6/h4-5H,3H2,1-2H3,(H,8,9). The Labute approximate surface area is 65.2 Å². The first-order chi connectivity index (χ1) is 5.20. The lowest BCUT2D eigenvalue weighted by Crippen LogP contribution is -2.23. The molecule has 0 fully saturated rings. The zero-order chi connectivity index (χ0) is 8.27. The van der Waals surface area contributed by atoms with E-state index in [4.69, 9.17) is 0 Å². The van der Waals surface area contributed by atoms with Gasteiger partial charge in [0.05, 0.1) is 12.7 Å². The summed E-state index contributed by atoms with van der Waals surface area (Å²) in [6, 6.07) is 0. The normalized spacial score (nSPS) is 9.64. The van der Waals surface area contributed by atoms with E-state index >= 15 is 0 Å². The van der Waals surface area contributed by atoms with Crippen LogP contribution in [0.2, 0.25) is 0 Å². The molecule has 0 aliphatic rings. The zero-order valence-electron chi connectivity index (χ0n) is 6.66. The summed E-state index contributed by atoms with van der Waals surface area (Å²) in [6.07, 6.45) is 3.62. The van der Waals surface area contributed by atoms with Crippen LogP contribution in [0.1, 0.15) is 5.69 Å². The Bertz CT molecular complexity index is 228. The average Bonchev–Trinajstić information content (AvgIpc) is 2.39. The Hall–Kier alpha value is -1.32. The van der Waals surface area contributed by atoms with Crippen molar-refractivity contribution in [2.75, 3.05) is 14.1 Å². The summed E-state index contributed by atoms with van der Waals surface area (Å²) in [4.78, 5) is 19.3. The first kappa shape index (κ1) is 7.78. The van der Waals surface area contributed by atoms with E-state index in [-0.39, 0.29) is 5.91 Å². The van der Waals surface area contributed by atoms with Crippen LogP contribution in [-0.4, -0.2) is 34.9 Å². The second-order valence-corrected chi connectivity index (χ2v) is 2.54. The van der Waals surface area contributed by atoms with Crippen LogP contribution in [0.5, 0.6) is 0 Å². The predicted octanol–water partition coefficient (Wildman–Crippen LogP) is 0.0404. The van der Waals surface area contributed by atoms with Crippen LogP contribution in [-0.2, 0) is 11.2 Å². The van der Waals surface area contributed by atoms with Gasteiger partial charge in [-0.05, 0) is 0 Å². The summed E-state index contributed by atoms with van der Waals surface area (Å²) in [7, 11) is 3.47. The molecular formula is C7H11N3O. The quantitative estimate of drug-likeness (QED) is 0.652. The SMILES string of the molecule is CN(C)C(=O)Cc1cnc[nH]1. The summed E-state index contributed by atoms with van der Waals surface area (Å²) < 4.78 is 0. The number of imidazole rings is 1. The van der Waals surface area contributed by atoms with E-state index < -0.39 is 0 Å². The number of rotatable bonds is 2. The van der Waals surface area contributed by atoms with Crippen molar-refractivity contribution in [2.45, 2.75) is 6.42 Å². The summed E-state index contributed by atoms with van der Waals surface area (Å²) in [5, 5.41) is 0. The molecule has 4 nitrogen and oxygen atoms in total. The Balaban J connectivity index is 2.50. The van der Waals surface area contributed by atoms with Crippen molar-refractivity contribution in [3.8, 4) is 0 Å². The van der Waals surface area contributed by atoms with Gasteiger partial charge in [0, 0.05) is 26.0 Å². The minimum atomic E-state index is 0.0780. The van der Waals surface area contributed by atoms with Gasteiger partial charge in [-0.1, -0.05) is 0 Å². The van der Waals surface area contributed by atoms with Gasteiger partial charge in [-0.25, -0.2) is 4.98 Å². The highest BCUT2D eigenvalue weighted by Gasteiger charge is 2.05. The lowest BCUT2D eigenvalue weighted by molar-refractivity contribution is -0.128. The molecule has 1 rings (SSSR count). The van der Waals surface area contributed by atoms with E-state index in [1.165, 1.54) is 0 Å². The van der Waals surface area contributed by atoms with Crippen molar-refractivity contribution < 1.29 is 4.79 Å². The number of nitrogens with zero attached hydrogens (tertiary/aromatic N) is 2. The average molecular weight is 153 g/mol. The molecule has 0 saturated carbocycles. The van der Waals surface area contributed by atoms with E-state index in [2.05, 4.69) is 9.97 Å². The number of nitrogens with one attached hydrogen (secondary N) is 1. The van der Waals surface area contributed by atoms with Gasteiger partial charge in [-0.2, -0.15) is 0 Å². The molecular weight excluding hydrogens is 142 g/mol. The Morgan fingerprint density at radius 2 is 2.45 bits per heavy atom. The van der Waals surface area contributed by atoms with Crippen molar-refractivity contribution >= 4 is 5.91 Å². The van der Waals surface area contributed by atoms with E-state index in [0.29, 0.717) is 6.42 Å². The molecule has 60 valence electrons. The molecule has 0 radical (unpaired) electrons. The minimum absolute atomic E-state index is 0.0780. The molecule has 0 aromatic carbocycles. The molecule has 1 heterocycles. The number of hydrogen-bond donors (Lipinski definition) is 1. The lowest BCUT2D eigenvalue weighted by Gasteiger charge is -2.07. The van der Waals surface area contributed by atoms with E-state index in [9.17, 15) is 4.79 Å². The molecule has 0 aliphatic carbocycles. The lowest BCUT2D eigenvalue weighted by atomic mass is 10.3. The predicted molar refractivity (Wildman–Crippen MR) is 41.0 cm³/mol. The number of hydrogen-bond acceptors (Lipinski definition) is 2. The summed E-state index contributed by atoms with van der Waals surface area (Å²) in [5.74, 6) is 0.0780. The van der Waals surface area contributed by atoms with Crippen molar-refractivity contribution in [3.63, 3.8) is 0 Å². The van der Waals surface area contributed by atoms with Gasteiger partial charge in [0.2, 0.25) is 5.91 Å². The molecule has 1 amide bonds. The van der Waals surface area contributed by atoms with Crippen LogP contribution in [0.3, 0.4) is 0 Å². The molecule has 0 bridgehead atoms. The highest BCUT2D eigenvalue weighted by molar-refractivity contribution is 5.77. The molecule has 0 aliphatic heterocycles. The molecule has 1 N–H and O–H groups in total. The third-order valence-corrected chi connectivity index (χ3v) is 1.40. The van der Waals surface area contributed by atoms with Crippen LogP contribution in [0.25, 0.3) is 0 Å². The van der Waals surface area contributed by atoms with Crippen molar-refractivity contribution in [1.82, 2.24) is 14.9 Å². The van der Waals surface area contributed by atoms with Crippen molar-refractivity contribution in [1.29, 1.82) is 0 Å². The van der Waals surface area contributed by atoms with E-state index in [0.717, 1.165) is 5.69 Å². The molecule has 4 heteroatoms. The maximum absolute atomic E-state index is 11.1. The van der Waals surface area contributed by atoms with Crippen LogP contribution >= 0.6 is 0 Å².